The summed E-state index contributed by atoms with van der Waals surface area (Å²) >= 11 is 0. The number of aromatic nitrogens is 5. The predicted molar refractivity (Wildman–Crippen MR) is 141 cm³/mol. The van der Waals surface area contributed by atoms with Crippen molar-refractivity contribution in [1.82, 2.24) is 34.5 Å². The molecule has 1 aliphatic rings. The van der Waals surface area contributed by atoms with Crippen LogP contribution >= 0.6 is 0 Å². The Kier molecular flexibility index (Phi) is 7.12. The fourth-order valence-corrected chi connectivity index (χ4v) is 4.95. The van der Waals surface area contributed by atoms with Crippen molar-refractivity contribution < 1.29 is 8.78 Å². The summed E-state index contributed by atoms with van der Waals surface area (Å²) < 4.78 is 31.4. The van der Waals surface area contributed by atoms with Gasteiger partial charge in [0.15, 0.2) is 11.6 Å². The van der Waals surface area contributed by atoms with E-state index in [0.717, 1.165) is 56.7 Å². The minimum Gasteiger partial charge on any atom is -0.309 e. The molecular formula is C27H32F2N8. The highest BCUT2D eigenvalue weighted by Crippen LogP contribution is 2.32. The lowest BCUT2D eigenvalue weighted by Gasteiger charge is -2.33. The molecule has 0 saturated carbocycles. The van der Waals surface area contributed by atoms with Gasteiger partial charge in [0, 0.05) is 62.6 Å². The van der Waals surface area contributed by atoms with Crippen molar-refractivity contribution in [2.24, 2.45) is 7.05 Å². The summed E-state index contributed by atoms with van der Waals surface area (Å²) in [5.41, 5.74) is 2.60. The zero-order valence-electron chi connectivity index (χ0n) is 21.7. The molecule has 3 aromatic heterocycles. The maximum absolute atomic E-state index is 14.9. The monoisotopic (exact) mass is 506 g/mol. The van der Waals surface area contributed by atoms with Crippen LogP contribution in [0.5, 0.6) is 0 Å². The van der Waals surface area contributed by atoms with Gasteiger partial charge in [0.2, 0.25) is 5.95 Å². The third-order valence-electron chi connectivity index (χ3n) is 6.89. The molecule has 0 spiro atoms. The van der Waals surface area contributed by atoms with E-state index in [1.807, 2.05) is 32.2 Å². The number of likely N-dealkylation sites (N-methyl/N-ethyl adjacent to an activating group) is 1. The van der Waals surface area contributed by atoms with Gasteiger partial charge in [-0.25, -0.2) is 23.7 Å². The molecule has 0 amide bonds. The number of nitrogens with zero attached hydrogens (tertiary/aromatic N) is 7. The van der Waals surface area contributed by atoms with Crippen molar-refractivity contribution in [2.75, 3.05) is 38.0 Å². The number of nitrogens with one attached hydrogen (secondary N) is 1. The number of rotatable bonds is 7. The standard InChI is InChI=1S/C27H32F2N8/c1-5-36-8-10-37(11-9-36)16-18-6-7-23(30-14-18)32-27-31-15-22(29)24(33-27)19-12-20-25(21(28)13-19)34-35(4)26(20)17(2)3/h6-7,12-15,17H,5,8-11,16H2,1-4H3,(H,30,31,32,33). The number of fused-ring (bicyclic) bond motifs is 1. The molecule has 4 heterocycles. The second-order valence-corrected chi connectivity index (χ2v) is 9.80. The van der Waals surface area contributed by atoms with Crippen LogP contribution in [0.3, 0.4) is 0 Å². The quantitative estimate of drug-likeness (QED) is 0.389. The van der Waals surface area contributed by atoms with E-state index in [2.05, 4.69) is 42.1 Å². The maximum Gasteiger partial charge on any atom is 0.229 e. The van der Waals surface area contributed by atoms with Crippen molar-refractivity contribution in [3.05, 3.63) is 59.6 Å². The molecule has 37 heavy (non-hydrogen) atoms. The summed E-state index contributed by atoms with van der Waals surface area (Å²) in [6, 6.07) is 6.89. The fraction of sp³-hybridized carbons (Fsp3) is 0.407. The number of anilines is 2. The topological polar surface area (TPSA) is 75.0 Å². The van der Waals surface area contributed by atoms with Crippen LogP contribution < -0.4 is 5.32 Å². The second-order valence-electron chi connectivity index (χ2n) is 9.80. The van der Waals surface area contributed by atoms with Gasteiger partial charge in [0.25, 0.3) is 0 Å². The van der Waals surface area contributed by atoms with E-state index in [0.29, 0.717) is 16.8 Å². The van der Waals surface area contributed by atoms with E-state index in [1.165, 1.54) is 6.07 Å². The lowest BCUT2D eigenvalue weighted by molar-refractivity contribution is 0.132. The summed E-state index contributed by atoms with van der Waals surface area (Å²) in [6.07, 6.45) is 2.92. The van der Waals surface area contributed by atoms with Crippen molar-refractivity contribution >= 4 is 22.7 Å². The number of hydrogen-bond donors (Lipinski definition) is 1. The Morgan fingerprint density at radius 2 is 1.73 bits per heavy atom. The molecule has 0 bridgehead atoms. The molecule has 10 heteroatoms. The van der Waals surface area contributed by atoms with Crippen LogP contribution in [0, 0.1) is 11.6 Å². The van der Waals surface area contributed by atoms with Gasteiger partial charge in [-0.05, 0) is 36.2 Å². The van der Waals surface area contributed by atoms with Crippen LogP contribution in [0.2, 0.25) is 0 Å². The van der Waals surface area contributed by atoms with Gasteiger partial charge in [-0.3, -0.25) is 9.58 Å². The number of piperazine rings is 1. The van der Waals surface area contributed by atoms with Crippen LogP contribution in [0.1, 0.15) is 37.9 Å². The highest BCUT2D eigenvalue weighted by Gasteiger charge is 2.20. The number of aryl methyl sites for hydroxylation is 1. The van der Waals surface area contributed by atoms with E-state index in [9.17, 15) is 8.78 Å². The summed E-state index contributed by atoms with van der Waals surface area (Å²) in [5.74, 6) is -0.301. The maximum atomic E-state index is 14.9. The molecule has 8 nitrogen and oxygen atoms in total. The molecule has 5 rings (SSSR count). The Morgan fingerprint density at radius 3 is 2.41 bits per heavy atom. The largest absolute Gasteiger partial charge is 0.309 e. The molecule has 4 aromatic rings. The van der Waals surface area contributed by atoms with Gasteiger partial charge >= 0.3 is 0 Å². The van der Waals surface area contributed by atoms with Crippen molar-refractivity contribution in [3.63, 3.8) is 0 Å². The van der Waals surface area contributed by atoms with Crippen LogP contribution in [0.15, 0.2) is 36.7 Å². The highest BCUT2D eigenvalue weighted by molar-refractivity contribution is 5.87. The van der Waals surface area contributed by atoms with Gasteiger partial charge in [0.05, 0.1) is 6.20 Å². The summed E-state index contributed by atoms with van der Waals surface area (Å²) in [6.45, 7) is 12.4. The molecule has 0 radical (unpaired) electrons. The Hall–Kier alpha value is -3.50. The van der Waals surface area contributed by atoms with Crippen LogP contribution in [-0.4, -0.2) is 67.3 Å². The van der Waals surface area contributed by atoms with E-state index >= 15 is 0 Å². The van der Waals surface area contributed by atoms with Gasteiger partial charge in [-0.1, -0.05) is 26.8 Å². The minimum absolute atomic E-state index is 0.0136. The molecule has 1 N–H and O–H groups in total. The first-order chi connectivity index (χ1) is 17.8. The highest BCUT2D eigenvalue weighted by atomic mass is 19.1. The molecule has 1 fully saturated rings. The van der Waals surface area contributed by atoms with E-state index in [4.69, 9.17) is 0 Å². The molecule has 1 saturated heterocycles. The van der Waals surface area contributed by atoms with E-state index in [-0.39, 0.29) is 23.1 Å². The van der Waals surface area contributed by atoms with Crippen molar-refractivity contribution in [2.45, 2.75) is 33.2 Å². The Labute approximate surface area is 215 Å². The number of benzene rings is 1. The SMILES string of the molecule is CCN1CCN(Cc2ccc(Nc3ncc(F)c(-c4cc(F)c5nn(C)c(C(C)C)c5c4)n3)nc2)CC1. The average molecular weight is 507 g/mol. The zero-order valence-corrected chi connectivity index (χ0v) is 21.7. The molecule has 1 aromatic carbocycles. The smallest absolute Gasteiger partial charge is 0.229 e. The van der Waals surface area contributed by atoms with Crippen molar-refractivity contribution in [1.29, 1.82) is 0 Å². The molecule has 0 atom stereocenters. The Balaban J connectivity index is 1.35. The van der Waals surface area contributed by atoms with Gasteiger partial charge in [0.1, 0.15) is 17.0 Å². The number of halogens is 2. The van der Waals surface area contributed by atoms with Gasteiger partial charge in [-0.2, -0.15) is 5.10 Å². The fourth-order valence-electron chi connectivity index (χ4n) is 4.95. The predicted octanol–water partition coefficient (Wildman–Crippen LogP) is 4.71. The Morgan fingerprint density at radius 1 is 0.973 bits per heavy atom. The zero-order chi connectivity index (χ0) is 26.1. The summed E-state index contributed by atoms with van der Waals surface area (Å²) in [5, 5.41) is 7.99. The van der Waals surface area contributed by atoms with E-state index in [1.54, 1.807) is 17.8 Å². The normalized spacial score (nSPS) is 15.1. The van der Waals surface area contributed by atoms with Crippen molar-refractivity contribution in [3.8, 4) is 11.3 Å². The van der Waals surface area contributed by atoms with Crippen LogP contribution in [-0.2, 0) is 13.6 Å². The summed E-state index contributed by atoms with van der Waals surface area (Å²) in [4.78, 5) is 17.8. The minimum atomic E-state index is -0.634. The Bertz CT molecular complexity index is 1390. The summed E-state index contributed by atoms with van der Waals surface area (Å²) in [7, 11) is 1.78. The first-order valence-corrected chi connectivity index (χ1v) is 12.7. The lowest BCUT2D eigenvalue weighted by atomic mass is 10.0. The lowest BCUT2D eigenvalue weighted by Crippen LogP contribution is -2.45. The second kappa shape index (κ2) is 10.5. The third-order valence-corrected chi connectivity index (χ3v) is 6.89. The first kappa shape index (κ1) is 25.2. The van der Waals surface area contributed by atoms with Gasteiger partial charge in [-0.15, -0.1) is 0 Å². The number of pyridine rings is 1. The third kappa shape index (κ3) is 5.30. The number of hydrogen-bond acceptors (Lipinski definition) is 7. The molecular weight excluding hydrogens is 474 g/mol. The molecule has 194 valence electrons. The van der Waals surface area contributed by atoms with Crippen LogP contribution in [0.4, 0.5) is 20.5 Å². The molecule has 1 aliphatic heterocycles. The van der Waals surface area contributed by atoms with E-state index < -0.39 is 11.6 Å². The molecule has 0 unspecified atom stereocenters. The van der Waals surface area contributed by atoms with Crippen LogP contribution in [0.25, 0.3) is 22.2 Å². The van der Waals surface area contributed by atoms with Gasteiger partial charge < -0.3 is 10.2 Å². The average Bonchev–Trinajstić information content (AvgIpc) is 3.23. The first-order valence-electron chi connectivity index (χ1n) is 12.7. The molecule has 0 aliphatic carbocycles.